The van der Waals surface area contributed by atoms with Crippen molar-refractivity contribution in [3.8, 4) is 0 Å². The largest absolute Gasteiger partial charge is 0.481 e. The van der Waals surface area contributed by atoms with Crippen molar-refractivity contribution >= 4 is 11.9 Å². The summed E-state index contributed by atoms with van der Waals surface area (Å²) in [5, 5.41) is 96.2. The maximum absolute atomic E-state index is 13.1. The monoisotopic (exact) mass is 810 g/mol. The van der Waals surface area contributed by atoms with E-state index in [1.54, 1.807) is 0 Å². The van der Waals surface area contributed by atoms with E-state index in [1.165, 1.54) is 5.57 Å². The normalized spacial score (nSPS) is 52.9. The highest BCUT2D eigenvalue weighted by atomic mass is 16.7. The lowest BCUT2D eigenvalue weighted by Gasteiger charge is -2.71. The second-order valence-electron chi connectivity index (χ2n) is 20.9. The van der Waals surface area contributed by atoms with Gasteiger partial charge < -0.3 is 64.9 Å². The summed E-state index contributed by atoms with van der Waals surface area (Å²) in [6, 6.07) is 0. The molecule has 2 aliphatic heterocycles. The molecular formula is C42H66O15. The van der Waals surface area contributed by atoms with Crippen molar-refractivity contribution in [1.29, 1.82) is 0 Å². The van der Waals surface area contributed by atoms with E-state index in [4.69, 9.17) is 18.9 Å². The highest BCUT2D eigenvalue weighted by Gasteiger charge is 2.70. The predicted octanol–water partition coefficient (Wildman–Crippen LogP) is 1.95. The van der Waals surface area contributed by atoms with Crippen LogP contribution in [0, 0.1) is 50.2 Å². The van der Waals surface area contributed by atoms with Gasteiger partial charge in [-0.25, -0.2) is 4.79 Å². The fourth-order valence-electron chi connectivity index (χ4n) is 13.8. The van der Waals surface area contributed by atoms with Crippen LogP contribution in [0.5, 0.6) is 0 Å². The van der Waals surface area contributed by atoms with Crippen molar-refractivity contribution in [2.24, 2.45) is 50.2 Å². The molecule has 4 saturated carbocycles. The van der Waals surface area contributed by atoms with Gasteiger partial charge in [-0.15, -0.1) is 0 Å². The number of aliphatic hydroxyl groups is 7. The van der Waals surface area contributed by atoms with Crippen LogP contribution < -0.4 is 0 Å². The molecule has 15 heteroatoms. The Bertz CT molecular complexity index is 1600. The highest BCUT2D eigenvalue weighted by molar-refractivity contribution is 5.76. The van der Waals surface area contributed by atoms with Crippen LogP contribution in [0.2, 0.25) is 0 Å². The van der Waals surface area contributed by atoms with Gasteiger partial charge in [-0.3, -0.25) is 4.79 Å². The molecule has 0 radical (unpaired) electrons. The zero-order chi connectivity index (χ0) is 42.0. The van der Waals surface area contributed by atoms with Crippen LogP contribution in [0.1, 0.15) is 106 Å². The summed E-state index contributed by atoms with van der Waals surface area (Å²) in [7, 11) is 0. The summed E-state index contributed by atoms with van der Waals surface area (Å²) in [4.78, 5) is 25.4. The van der Waals surface area contributed by atoms with Gasteiger partial charge in [0.25, 0.3) is 0 Å². The Labute approximate surface area is 334 Å². The van der Waals surface area contributed by atoms with Gasteiger partial charge in [0.2, 0.25) is 0 Å². The molecule has 0 spiro atoms. The van der Waals surface area contributed by atoms with Gasteiger partial charge in [-0.2, -0.15) is 0 Å². The lowest BCUT2D eigenvalue weighted by atomic mass is 9.33. The molecule has 0 bridgehead atoms. The molecule has 324 valence electrons. The number of hydrogen-bond donors (Lipinski definition) is 9. The molecule has 6 fully saturated rings. The fraction of sp³-hybridized carbons (Fsp3) is 0.905. The van der Waals surface area contributed by atoms with E-state index in [0.717, 1.165) is 38.5 Å². The molecule has 57 heavy (non-hydrogen) atoms. The Balaban J connectivity index is 1.15. The van der Waals surface area contributed by atoms with E-state index < -0.39 is 103 Å². The molecule has 9 N–H and O–H groups in total. The van der Waals surface area contributed by atoms with Crippen molar-refractivity contribution in [3.63, 3.8) is 0 Å². The first-order valence-corrected chi connectivity index (χ1v) is 20.9. The van der Waals surface area contributed by atoms with Crippen LogP contribution in [-0.4, -0.2) is 138 Å². The molecule has 0 aromatic heterocycles. The Kier molecular flexibility index (Phi) is 11.0. The Morgan fingerprint density at radius 1 is 0.754 bits per heavy atom. The summed E-state index contributed by atoms with van der Waals surface area (Å²) in [5.74, 6) is -2.14. The van der Waals surface area contributed by atoms with Crippen molar-refractivity contribution in [1.82, 2.24) is 0 Å². The number of carbonyl (C=O) groups is 2. The van der Waals surface area contributed by atoms with E-state index in [1.807, 2.05) is 13.8 Å². The molecule has 0 aromatic rings. The van der Waals surface area contributed by atoms with Gasteiger partial charge in [-0.1, -0.05) is 60.1 Å². The first-order chi connectivity index (χ1) is 26.4. The topological polar surface area (TPSA) is 253 Å². The second kappa shape index (κ2) is 14.4. The minimum atomic E-state index is -2.00. The maximum Gasteiger partial charge on any atom is 0.335 e. The number of allylic oxidation sites excluding steroid dienone is 2. The number of carboxylic acid groups (broad SMARTS) is 2. The maximum atomic E-state index is 13.1. The quantitative estimate of drug-likeness (QED) is 0.132. The third-order valence-corrected chi connectivity index (χ3v) is 17.2. The molecule has 5 aliphatic carbocycles. The van der Waals surface area contributed by atoms with E-state index >= 15 is 0 Å². The van der Waals surface area contributed by atoms with Crippen LogP contribution in [0.3, 0.4) is 0 Å². The number of fused-ring (bicyclic) bond motifs is 7. The number of carboxylic acids is 2. The number of ether oxygens (including phenoxy) is 4. The first kappa shape index (κ1) is 43.3. The molecule has 7 aliphatic rings. The summed E-state index contributed by atoms with van der Waals surface area (Å²) >= 11 is 0. The molecule has 2 saturated heterocycles. The minimum absolute atomic E-state index is 0.00750. The van der Waals surface area contributed by atoms with E-state index in [-0.39, 0.29) is 39.4 Å². The van der Waals surface area contributed by atoms with Gasteiger partial charge in [-0.05, 0) is 103 Å². The van der Waals surface area contributed by atoms with Crippen molar-refractivity contribution < 1.29 is 74.5 Å². The second-order valence-corrected chi connectivity index (χ2v) is 20.9. The molecule has 7 rings (SSSR count). The number of aliphatic carboxylic acids is 2. The molecule has 0 amide bonds. The molecule has 19 unspecified atom stereocenters. The molecule has 15 nitrogen and oxygen atoms in total. The average molecular weight is 811 g/mol. The SMILES string of the molecule is CC1(C)CCC2(C(=O)O)CCC3(C)C(=CCC4C5(C)CC(O)C(OC6OC(C(=O)O)C(O)C(OC7OC(CO)C(O)C(O)C7O)C6O)C(C)(C)C5CCC43C)C2C1. The lowest BCUT2D eigenvalue weighted by Crippen LogP contribution is -2.69. The van der Waals surface area contributed by atoms with Crippen LogP contribution in [-0.2, 0) is 28.5 Å². The summed E-state index contributed by atoms with van der Waals surface area (Å²) in [6.07, 6.45) is -11.0. The van der Waals surface area contributed by atoms with Crippen molar-refractivity contribution in [2.75, 3.05) is 6.61 Å². The fourth-order valence-corrected chi connectivity index (χ4v) is 13.8. The highest BCUT2D eigenvalue weighted by Crippen LogP contribution is 2.76. The van der Waals surface area contributed by atoms with Crippen LogP contribution >= 0.6 is 0 Å². The van der Waals surface area contributed by atoms with E-state index in [0.29, 0.717) is 19.3 Å². The van der Waals surface area contributed by atoms with Crippen molar-refractivity contribution in [2.45, 2.75) is 180 Å². The lowest BCUT2D eigenvalue weighted by molar-refractivity contribution is -0.369. The van der Waals surface area contributed by atoms with E-state index in [9.17, 15) is 55.5 Å². The first-order valence-electron chi connectivity index (χ1n) is 20.9. The zero-order valence-corrected chi connectivity index (χ0v) is 34.3. The molecular weight excluding hydrogens is 744 g/mol. The van der Waals surface area contributed by atoms with Crippen LogP contribution in [0.25, 0.3) is 0 Å². The minimum Gasteiger partial charge on any atom is -0.481 e. The predicted molar refractivity (Wildman–Crippen MR) is 200 cm³/mol. The zero-order valence-electron chi connectivity index (χ0n) is 34.3. The third-order valence-electron chi connectivity index (χ3n) is 17.2. The smallest absolute Gasteiger partial charge is 0.335 e. The van der Waals surface area contributed by atoms with Crippen molar-refractivity contribution in [3.05, 3.63) is 11.6 Å². The average Bonchev–Trinajstić information content (AvgIpc) is 3.12. The Hall–Kier alpha value is -1.76. The Morgan fingerprint density at radius 3 is 2.04 bits per heavy atom. The van der Waals surface area contributed by atoms with Gasteiger partial charge in [0.05, 0.1) is 24.2 Å². The van der Waals surface area contributed by atoms with Gasteiger partial charge in [0.1, 0.15) is 42.7 Å². The van der Waals surface area contributed by atoms with Crippen LogP contribution in [0.15, 0.2) is 11.6 Å². The number of rotatable bonds is 7. The molecule has 2 heterocycles. The molecule has 19 atom stereocenters. The van der Waals surface area contributed by atoms with Crippen LogP contribution in [0.4, 0.5) is 0 Å². The summed E-state index contributed by atoms with van der Waals surface area (Å²) in [5.41, 5.74) is -0.940. The number of aliphatic hydroxyl groups excluding tert-OH is 7. The van der Waals surface area contributed by atoms with Gasteiger partial charge >= 0.3 is 11.9 Å². The molecule has 0 aromatic carbocycles. The summed E-state index contributed by atoms with van der Waals surface area (Å²) < 4.78 is 23.2. The van der Waals surface area contributed by atoms with Gasteiger partial charge in [0, 0.05) is 0 Å². The number of hydrogen-bond acceptors (Lipinski definition) is 13. The van der Waals surface area contributed by atoms with E-state index in [2.05, 4.69) is 40.7 Å². The summed E-state index contributed by atoms with van der Waals surface area (Å²) in [6.45, 7) is 14.7. The Morgan fingerprint density at radius 2 is 1.40 bits per heavy atom. The van der Waals surface area contributed by atoms with Gasteiger partial charge in [0.15, 0.2) is 18.7 Å². The standard InChI is InChI=1S/C42H66O15/c1-37(2)12-14-42(36(52)53)15-13-40(6)19(20(42)16-37)8-9-24-39(5)17-21(44)32(38(3,4)23(39)10-11-41(24,40)7)57-35-29(49)30(28(48)31(56-35)33(50)51)55-34-27(47)26(46)25(45)22(18-43)54-34/h8,20-32,34-35,43-49H,9-18H2,1-7H3,(H,50,51)(H,52,53). The third kappa shape index (κ3) is 6.39.